The molecule has 3 rings (SSSR count). The van der Waals surface area contributed by atoms with Crippen LogP contribution in [0.2, 0.25) is 0 Å². The first kappa shape index (κ1) is 13.6. The van der Waals surface area contributed by atoms with Crippen LogP contribution in [-0.2, 0) is 10.2 Å². The van der Waals surface area contributed by atoms with Gasteiger partial charge in [0.1, 0.15) is 5.82 Å². The number of rotatable bonds is 2. The van der Waals surface area contributed by atoms with E-state index in [2.05, 4.69) is 4.98 Å². The number of fused-ring (bicyclic) bond motifs is 1. The van der Waals surface area contributed by atoms with Gasteiger partial charge in [0, 0.05) is 13.1 Å². The van der Waals surface area contributed by atoms with Crippen molar-refractivity contribution < 1.29 is 8.42 Å². The fourth-order valence-corrected chi connectivity index (χ4v) is 4.53. The summed E-state index contributed by atoms with van der Waals surface area (Å²) in [4.78, 5) is 4.35. The maximum Gasteiger partial charge on any atom is 0.309 e. The van der Waals surface area contributed by atoms with Crippen molar-refractivity contribution in [3.63, 3.8) is 0 Å². The normalized spacial score (nSPS) is 18.2. The number of benzene rings is 1. The van der Waals surface area contributed by atoms with E-state index in [1.54, 1.807) is 11.2 Å². The Morgan fingerprint density at radius 1 is 1.05 bits per heavy atom. The third kappa shape index (κ3) is 2.23. The van der Waals surface area contributed by atoms with E-state index in [-0.39, 0.29) is 0 Å². The number of imidazole rings is 1. The molecule has 6 heteroatoms. The van der Waals surface area contributed by atoms with Gasteiger partial charge < -0.3 is 0 Å². The molecule has 0 bridgehead atoms. The molecule has 0 unspecified atom stereocenters. The van der Waals surface area contributed by atoms with E-state index >= 15 is 0 Å². The average Bonchev–Trinajstić information content (AvgIpc) is 2.61. The molecule has 0 radical (unpaired) electrons. The van der Waals surface area contributed by atoms with Gasteiger partial charge >= 0.3 is 10.2 Å². The molecular formula is C14H19N3O2S. The van der Waals surface area contributed by atoms with Crippen LogP contribution in [0.5, 0.6) is 0 Å². The highest BCUT2D eigenvalue weighted by Gasteiger charge is 2.27. The molecule has 1 aromatic carbocycles. The van der Waals surface area contributed by atoms with Crippen LogP contribution in [0.1, 0.15) is 31.5 Å². The fourth-order valence-electron chi connectivity index (χ4n) is 2.80. The van der Waals surface area contributed by atoms with Crippen molar-refractivity contribution in [1.29, 1.82) is 0 Å². The Hall–Kier alpha value is -1.40. The van der Waals surface area contributed by atoms with Gasteiger partial charge in [-0.15, -0.1) is 0 Å². The van der Waals surface area contributed by atoms with Gasteiger partial charge in [-0.25, -0.2) is 8.96 Å². The number of para-hydroxylation sites is 2. The monoisotopic (exact) mass is 293 g/mol. The number of hydrogen-bond acceptors (Lipinski definition) is 3. The summed E-state index contributed by atoms with van der Waals surface area (Å²) in [5, 5.41) is 0. The zero-order valence-corrected chi connectivity index (χ0v) is 12.4. The second-order valence-corrected chi connectivity index (χ2v) is 7.01. The summed E-state index contributed by atoms with van der Waals surface area (Å²) >= 11 is 0. The lowest BCUT2D eigenvalue weighted by Gasteiger charge is -2.21. The first-order valence-electron chi connectivity index (χ1n) is 7.05. The average molecular weight is 293 g/mol. The van der Waals surface area contributed by atoms with Gasteiger partial charge in [0.2, 0.25) is 0 Å². The molecule has 0 aliphatic carbocycles. The van der Waals surface area contributed by atoms with Crippen molar-refractivity contribution in [2.75, 3.05) is 13.1 Å². The first-order chi connectivity index (χ1) is 9.60. The molecular weight excluding hydrogens is 274 g/mol. The van der Waals surface area contributed by atoms with Crippen molar-refractivity contribution >= 4 is 21.2 Å². The predicted octanol–water partition coefficient (Wildman–Crippen LogP) is 2.31. The lowest BCUT2D eigenvalue weighted by Crippen LogP contribution is -2.36. The summed E-state index contributed by atoms with van der Waals surface area (Å²) < 4.78 is 28.8. The van der Waals surface area contributed by atoms with Gasteiger partial charge in [0.15, 0.2) is 0 Å². The van der Waals surface area contributed by atoms with Crippen molar-refractivity contribution in [3.8, 4) is 0 Å². The van der Waals surface area contributed by atoms with Crippen molar-refractivity contribution in [2.24, 2.45) is 0 Å². The van der Waals surface area contributed by atoms with E-state index in [0.29, 0.717) is 24.4 Å². The van der Waals surface area contributed by atoms with Gasteiger partial charge in [-0.1, -0.05) is 25.0 Å². The summed E-state index contributed by atoms with van der Waals surface area (Å²) in [7, 11) is -3.51. The lowest BCUT2D eigenvalue weighted by molar-refractivity contribution is 0.417. The Kier molecular flexibility index (Phi) is 3.52. The second kappa shape index (κ2) is 5.18. The molecule has 2 heterocycles. The summed E-state index contributed by atoms with van der Waals surface area (Å²) in [6.45, 7) is 2.96. The van der Waals surface area contributed by atoms with E-state index in [4.69, 9.17) is 0 Å². The van der Waals surface area contributed by atoms with Gasteiger partial charge in [0.05, 0.1) is 11.0 Å². The minimum Gasteiger partial charge on any atom is -0.232 e. The summed E-state index contributed by atoms with van der Waals surface area (Å²) in [5.41, 5.74) is 1.39. The summed E-state index contributed by atoms with van der Waals surface area (Å²) in [6.07, 6.45) is 4.08. The maximum atomic E-state index is 12.9. The van der Waals surface area contributed by atoms with Crippen LogP contribution in [0.25, 0.3) is 11.0 Å². The molecule has 1 aromatic heterocycles. The molecule has 1 aliphatic heterocycles. The minimum absolute atomic E-state index is 0.524. The highest BCUT2D eigenvalue weighted by atomic mass is 32.2. The van der Waals surface area contributed by atoms with E-state index in [0.717, 1.165) is 31.2 Å². The Bertz CT molecular complexity index is 713. The Balaban J connectivity index is 2.11. The zero-order chi connectivity index (χ0) is 14.2. The molecule has 108 valence electrons. The van der Waals surface area contributed by atoms with E-state index in [9.17, 15) is 8.42 Å². The van der Waals surface area contributed by atoms with E-state index < -0.39 is 10.2 Å². The third-order valence-electron chi connectivity index (χ3n) is 3.80. The van der Waals surface area contributed by atoms with Crippen LogP contribution in [0.3, 0.4) is 0 Å². The van der Waals surface area contributed by atoms with Crippen LogP contribution < -0.4 is 0 Å². The number of nitrogens with zero attached hydrogens (tertiary/aromatic N) is 3. The van der Waals surface area contributed by atoms with Gasteiger partial charge in [0.25, 0.3) is 0 Å². The molecule has 0 saturated carbocycles. The molecule has 1 aliphatic rings. The fraction of sp³-hybridized carbons (Fsp3) is 0.500. The Labute approximate surface area is 119 Å². The molecule has 0 atom stereocenters. The molecule has 0 amide bonds. The molecule has 5 nitrogen and oxygen atoms in total. The summed E-state index contributed by atoms with van der Waals surface area (Å²) in [6, 6.07) is 7.37. The predicted molar refractivity (Wildman–Crippen MR) is 78.8 cm³/mol. The van der Waals surface area contributed by atoms with Crippen LogP contribution in [0.4, 0.5) is 0 Å². The zero-order valence-electron chi connectivity index (χ0n) is 11.6. The third-order valence-corrected chi connectivity index (χ3v) is 5.74. The van der Waals surface area contributed by atoms with Gasteiger partial charge in [-0.2, -0.15) is 12.7 Å². The minimum atomic E-state index is -3.51. The second-order valence-electron chi connectivity index (χ2n) is 5.23. The molecule has 20 heavy (non-hydrogen) atoms. The van der Waals surface area contributed by atoms with E-state index in [1.165, 1.54) is 3.97 Å². The number of hydrogen-bond donors (Lipinski definition) is 0. The summed E-state index contributed by atoms with van der Waals surface area (Å²) in [5.74, 6) is 0.524. The topological polar surface area (TPSA) is 55.2 Å². The van der Waals surface area contributed by atoms with Crippen LogP contribution in [0, 0.1) is 6.92 Å². The van der Waals surface area contributed by atoms with Crippen molar-refractivity contribution in [2.45, 2.75) is 32.6 Å². The number of aromatic nitrogens is 2. The SMILES string of the molecule is Cc1nc2ccccc2n1S(=O)(=O)N1CCCCCC1. The standard InChI is InChI=1S/C14H19N3O2S/c1-12-15-13-8-4-5-9-14(13)17(12)20(18,19)16-10-6-2-3-7-11-16/h4-5,8-9H,2-3,6-7,10-11H2,1H3. The highest BCUT2D eigenvalue weighted by molar-refractivity contribution is 7.87. The van der Waals surface area contributed by atoms with Gasteiger partial charge in [-0.05, 0) is 31.9 Å². The molecule has 0 N–H and O–H groups in total. The highest BCUT2D eigenvalue weighted by Crippen LogP contribution is 2.22. The molecule has 0 spiro atoms. The Morgan fingerprint density at radius 3 is 2.40 bits per heavy atom. The molecule has 1 fully saturated rings. The smallest absolute Gasteiger partial charge is 0.232 e. The Morgan fingerprint density at radius 2 is 1.70 bits per heavy atom. The number of aryl methyl sites for hydroxylation is 1. The van der Waals surface area contributed by atoms with Crippen LogP contribution in [0.15, 0.2) is 24.3 Å². The molecule has 1 saturated heterocycles. The van der Waals surface area contributed by atoms with Crippen LogP contribution >= 0.6 is 0 Å². The van der Waals surface area contributed by atoms with Crippen LogP contribution in [-0.4, -0.2) is 34.8 Å². The quantitative estimate of drug-likeness (QED) is 0.854. The lowest BCUT2D eigenvalue weighted by atomic mass is 10.2. The van der Waals surface area contributed by atoms with E-state index in [1.807, 2.05) is 24.3 Å². The largest absolute Gasteiger partial charge is 0.309 e. The maximum absolute atomic E-state index is 12.9. The van der Waals surface area contributed by atoms with Crippen molar-refractivity contribution in [1.82, 2.24) is 13.3 Å². The first-order valence-corrected chi connectivity index (χ1v) is 8.45. The molecule has 2 aromatic rings. The van der Waals surface area contributed by atoms with Crippen molar-refractivity contribution in [3.05, 3.63) is 30.1 Å². The van der Waals surface area contributed by atoms with Gasteiger partial charge in [-0.3, -0.25) is 0 Å².